The number of hydrogen-bond acceptors (Lipinski definition) is 4. The van der Waals surface area contributed by atoms with Crippen LogP contribution < -0.4 is 14.4 Å². The Balaban J connectivity index is 1.50. The normalized spacial score (nSPS) is 13.3. The van der Waals surface area contributed by atoms with Crippen molar-refractivity contribution in [1.29, 1.82) is 0 Å². The molecule has 7 heteroatoms. The highest BCUT2D eigenvalue weighted by atomic mass is 32.2. The molecule has 0 saturated carbocycles. The maximum atomic E-state index is 12.6. The van der Waals surface area contributed by atoms with Gasteiger partial charge >= 0.3 is 0 Å². The average Bonchev–Trinajstić information content (AvgIpc) is 3.06. The SMILES string of the molecule is Cc1cccc(C)c1OCC(=O)NCCS(=O)(=O)N1CCc2ccccc21. The molecule has 0 atom stereocenters. The molecule has 0 bridgehead atoms. The molecule has 1 N–H and O–H groups in total. The predicted octanol–water partition coefficient (Wildman–Crippen LogP) is 2.19. The number of nitrogens with zero attached hydrogens (tertiary/aromatic N) is 1. The Labute approximate surface area is 160 Å². The number of sulfonamides is 1. The zero-order valence-electron chi connectivity index (χ0n) is 15.6. The summed E-state index contributed by atoms with van der Waals surface area (Å²) in [5.41, 5.74) is 3.69. The van der Waals surface area contributed by atoms with E-state index in [1.165, 1.54) is 4.31 Å². The van der Waals surface area contributed by atoms with Crippen molar-refractivity contribution in [2.45, 2.75) is 20.3 Å². The number of nitrogens with one attached hydrogen (secondary N) is 1. The molecule has 2 aromatic rings. The number of carbonyl (C=O) groups is 1. The van der Waals surface area contributed by atoms with Gasteiger partial charge in [0.15, 0.2) is 6.61 Å². The molecule has 1 aliphatic rings. The molecule has 6 nitrogen and oxygen atoms in total. The van der Waals surface area contributed by atoms with Crippen LogP contribution in [0.5, 0.6) is 5.75 Å². The number of amides is 1. The largest absolute Gasteiger partial charge is 0.483 e. The van der Waals surface area contributed by atoms with Crippen molar-refractivity contribution >= 4 is 21.6 Å². The molecule has 0 saturated heterocycles. The van der Waals surface area contributed by atoms with Gasteiger partial charge in [-0.15, -0.1) is 0 Å². The van der Waals surface area contributed by atoms with Crippen LogP contribution in [0.2, 0.25) is 0 Å². The summed E-state index contributed by atoms with van der Waals surface area (Å²) in [6.07, 6.45) is 0.714. The molecule has 1 aliphatic heterocycles. The lowest BCUT2D eigenvalue weighted by molar-refractivity contribution is -0.122. The fourth-order valence-corrected chi connectivity index (χ4v) is 4.67. The van der Waals surface area contributed by atoms with Crippen LogP contribution in [-0.4, -0.2) is 39.8 Å². The summed E-state index contributed by atoms with van der Waals surface area (Å²) in [6, 6.07) is 13.3. The van der Waals surface area contributed by atoms with E-state index in [1.54, 1.807) is 0 Å². The third-order valence-corrected chi connectivity index (χ3v) is 6.39. The monoisotopic (exact) mass is 388 g/mol. The summed E-state index contributed by atoms with van der Waals surface area (Å²) in [6.45, 7) is 4.20. The number of para-hydroxylation sites is 2. The van der Waals surface area contributed by atoms with E-state index < -0.39 is 10.0 Å². The van der Waals surface area contributed by atoms with Crippen LogP contribution in [-0.2, 0) is 21.2 Å². The summed E-state index contributed by atoms with van der Waals surface area (Å²) in [5.74, 6) is 0.208. The van der Waals surface area contributed by atoms with Crippen molar-refractivity contribution in [3.63, 3.8) is 0 Å². The van der Waals surface area contributed by atoms with Crippen LogP contribution in [0.4, 0.5) is 5.69 Å². The molecular weight excluding hydrogens is 364 g/mol. The summed E-state index contributed by atoms with van der Waals surface area (Å²) in [5, 5.41) is 2.63. The maximum Gasteiger partial charge on any atom is 0.257 e. The minimum atomic E-state index is -3.47. The zero-order chi connectivity index (χ0) is 19.4. The van der Waals surface area contributed by atoms with Crippen molar-refractivity contribution in [3.8, 4) is 5.75 Å². The second kappa shape index (κ2) is 8.00. The topological polar surface area (TPSA) is 75.7 Å². The summed E-state index contributed by atoms with van der Waals surface area (Å²) in [4.78, 5) is 12.0. The Bertz CT molecular complexity index is 920. The molecule has 0 aliphatic carbocycles. The first-order valence-electron chi connectivity index (χ1n) is 8.92. The minimum Gasteiger partial charge on any atom is -0.483 e. The number of aryl methyl sites for hydroxylation is 2. The van der Waals surface area contributed by atoms with E-state index in [-0.39, 0.29) is 24.8 Å². The number of ether oxygens (including phenoxy) is 1. The van der Waals surface area contributed by atoms with Gasteiger partial charge in [-0.3, -0.25) is 9.10 Å². The smallest absolute Gasteiger partial charge is 0.257 e. The molecule has 0 fully saturated rings. The van der Waals surface area contributed by atoms with Gasteiger partial charge in [0.2, 0.25) is 10.0 Å². The Kier molecular flexibility index (Phi) is 5.70. The van der Waals surface area contributed by atoms with Crippen molar-refractivity contribution in [3.05, 3.63) is 59.2 Å². The second-order valence-corrected chi connectivity index (χ2v) is 8.64. The van der Waals surface area contributed by atoms with Crippen molar-refractivity contribution < 1.29 is 17.9 Å². The Morgan fingerprint density at radius 3 is 2.56 bits per heavy atom. The van der Waals surface area contributed by atoms with E-state index in [4.69, 9.17) is 4.74 Å². The van der Waals surface area contributed by atoms with Crippen LogP contribution >= 0.6 is 0 Å². The molecule has 0 unspecified atom stereocenters. The molecule has 0 spiro atoms. The highest BCUT2D eigenvalue weighted by Crippen LogP contribution is 2.29. The third-order valence-electron chi connectivity index (χ3n) is 4.62. The van der Waals surface area contributed by atoms with Gasteiger partial charge < -0.3 is 10.1 Å². The van der Waals surface area contributed by atoms with E-state index in [2.05, 4.69) is 5.32 Å². The highest BCUT2D eigenvalue weighted by Gasteiger charge is 2.28. The van der Waals surface area contributed by atoms with Gasteiger partial charge in [0.05, 0.1) is 11.4 Å². The van der Waals surface area contributed by atoms with E-state index in [1.807, 2.05) is 56.3 Å². The number of fused-ring (bicyclic) bond motifs is 1. The number of carbonyl (C=O) groups excluding carboxylic acids is 1. The van der Waals surface area contributed by atoms with Crippen molar-refractivity contribution in [1.82, 2.24) is 5.32 Å². The fraction of sp³-hybridized carbons (Fsp3) is 0.350. The predicted molar refractivity (Wildman–Crippen MR) is 106 cm³/mol. The van der Waals surface area contributed by atoms with Crippen LogP contribution in [0.1, 0.15) is 16.7 Å². The standard InChI is InChI=1S/C20H24N2O4S/c1-15-6-5-7-16(2)20(15)26-14-19(23)21-11-13-27(24,25)22-12-10-17-8-3-4-9-18(17)22/h3-9H,10-14H2,1-2H3,(H,21,23). The fourth-order valence-electron chi connectivity index (χ4n) is 3.24. The first-order valence-corrected chi connectivity index (χ1v) is 10.5. The molecule has 27 heavy (non-hydrogen) atoms. The molecule has 2 aromatic carbocycles. The number of anilines is 1. The van der Waals surface area contributed by atoms with Crippen molar-refractivity contribution in [2.24, 2.45) is 0 Å². The summed E-state index contributed by atoms with van der Waals surface area (Å²) < 4.78 is 32.2. The average molecular weight is 388 g/mol. The minimum absolute atomic E-state index is 0.0515. The van der Waals surface area contributed by atoms with Crippen molar-refractivity contribution in [2.75, 3.05) is 29.8 Å². The van der Waals surface area contributed by atoms with Gasteiger partial charge in [-0.05, 0) is 43.0 Å². The van der Waals surface area contributed by atoms with E-state index in [0.29, 0.717) is 18.7 Å². The molecule has 1 amide bonds. The summed E-state index contributed by atoms with van der Waals surface area (Å²) in [7, 11) is -3.47. The molecule has 0 aromatic heterocycles. The highest BCUT2D eigenvalue weighted by molar-refractivity contribution is 7.92. The van der Waals surface area contributed by atoms with E-state index >= 15 is 0 Å². The lowest BCUT2D eigenvalue weighted by Gasteiger charge is -2.19. The molecule has 0 radical (unpaired) electrons. The van der Waals surface area contributed by atoms with Gasteiger partial charge in [0.1, 0.15) is 5.75 Å². The first kappa shape index (κ1) is 19.2. The lowest BCUT2D eigenvalue weighted by atomic mass is 10.1. The third kappa shape index (κ3) is 4.42. The molecule has 3 rings (SSSR count). The Hall–Kier alpha value is -2.54. The summed E-state index contributed by atoms with van der Waals surface area (Å²) >= 11 is 0. The van der Waals surface area contributed by atoms with Gasteiger partial charge in [-0.25, -0.2) is 8.42 Å². The van der Waals surface area contributed by atoms with Gasteiger partial charge in [0.25, 0.3) is 5.91 Å². The first-order chi connectivity index (χ1) is 12.9. The molecule has 1 heterocycles. The van der Waals surface area contributed by atoms with Crippen LogP contribution in [0, 0.1) is 13.8 Å². The number of rotatable bonds is 7. The number of hydrogen-bond donors (Lipinski definition) is 1. The lowest BCUT2D eigenvalue weighted by Crippen LogP contribution is -2.38. The number of benzene rings is 2. The quantitative estimate of drug-likeness (QED) is 0.789. The van der Waals surface area contributed by atoms with Crippen LogP contribution in [0.3, 0.4) is 0 Å². The molecule has 144 valence electrons. The van der Waals surface area contributed by atoms with Gasteiger partial charge in [-0.2, -0.15) is 0 Å². The zero-order valence-corrected chi connectivity index (χ0v) is 16.4. The van der Waals surface area contributed by atoms with Crippen LogP contribution in [0.25, 0.3) is 0 Å². The Morgan fingerprint density at radius 2 is 1.81 bits per heavy atom. The molecular formula is C20H24N2O4S. The maximum absolute atomic E-state index is 12.6. The van der Waals surface area contributed by atoms with E-state index in [9.17, 15) is 13.2 Å². The second-order valence-electron chi connectivity index (χ2n) is 6.63. The Morgan fingerprint density at radius 1 is 1.11 bits per heavy atom. The van der Waals surface area contributed by atoms with Gasteiger partial charge in [0, 0.05) is 13.1 Å². The van der Waals surface area contributed by atoms with Gasteiger partial charge in [-0.1, -0.05) is 36.4 Å². The van der Waals surface area contributed by atoms with Crippen LogP contribution in [0.15, 0.2) is 42.5 Å². The van der Waals surface area contributed by atoms with E-state index in [0.717, 1.165) is 22.4 Å².